The number of nitrogens with zero attached hydrogens (tertiary/aromatic N) is 1. The van der Waals surface area contributed by atoms with Gasteiger partial charge in [0.2, 0.25) is 0 Å². The number of rotatable bonds is 4. The molecule has 1 aromatic carbocycles. The van der Waals surface area contributed by atoms with Crippen LogP contribution in [0.15, 0.2) is 18.2 Å². The van der Waals surface area contributed by atoms with E-state index in [0.717, 1.165) is 11.4 Å². The zero-order valence-corrected chi connectivity index (χ0v) is 13.0. The molecule has 0 fully saturated rings. The van der Waals surface area contributed by atoms with E-state index in [-0.39, 0.29) is 0 Å². The third kappa shape index (κ3) is 3.00. The van der Waals surface area contributed by atoms with Crippen molar-refractivity contribution in [2.45, 2.75) is 45.4 Å². The van der Waals surface area contributed by atoms with E-state index >= 15 is 0 Å². The van der Waals surface area contributed by atoms with Gasteiger partial charge in [0.1, 0.15) is 4.88 Å². The van der Waals surface area contributed by atoms with Crippen LogP contribution in [0.4, 0.5) is 0 Å². The van der Waals surface area contributed by atoms with Gasteiger partial charge in [-0.2, -0.15) is 0 Å². The molecule has 0 bridgehead atoms. The van der Waals surface area contributed by atoms with Crippen LogP contribution in [-0.4, -0.2) is 16.1 Å². The summed E-state index contributed by atoms with van der Waals surface area (Å²) >= 11 is 1.31. The lowest BCUT2D eigenvalue weighted by Gasteiger charge is -2.16. The maximum Gasteiger partial charge on any atom is 0.347 e. The average Bonchev–Trinajstić information content (AvgIpc) is 2.90. The summed E-state index contributed by atoms with van der Waals surface area (Å²) in [5.41, 5.74) is 4.89. The number of aromatic carboxylic acids is 1. The van der Waals surface area contributed by atoms with E-state index < -0.39 is 5.97 Å². The van der Waals surface area contributed by atoms with Crippen LogP contribution in [0.2, 0.25) is 0 Å². The standard InChI is InChI=1S/C17H19NO2S/c1-2-14-16(17(19)20)21-15(18-14)10-11-7-8-12-5-3-4-6-13(12)9-11/h7-9H,2-6,10H2,1H3,(H,19,20). The van der Waals surface area contributed by atoms with Crippen molar-refractivity contribution in [1.82, 2.24) is 4.98 Å². The van der Waals surface area contributed by atoms with Crippen molar-refractivity contribution in [2.75, 3.05) is 0 Å². The summed E-state index contributed by atoms with van der Waals surface area (Å²) < 4.78 is 0. The third-order valence-corrected chi connectivity index (χ3v) is 5.12. The number of thiazole rings is 1. The lowest BCUT2D eigenvalue weighted by Crippen LogP contribution is -2.03. The Hall–Kier alpha value is -1.68. The highest BCUT2D eigenvalue weighted by atomic mass is 32.1. The van der Waals surface area contributed by atoms with Gasteiger partial charge in [0.05, 0.1) is 10.7 Å². The summed E-state index contributed by atoms with van der Waals surface area (Å²) in [5.74, 6) is -0.860. The normalized spacial score (nSPS) is 14.0. The molecule has 21 heavy (non-hydrogen) atoms. The highest BCUT2D eigenvalue weighted by Crippen LogP contribution is 2.25. The molecular weight excluding hydrogens is 282 g/mol. The number of carboxylic acids is 1. The minimum absolute atomic E-state index is 0.394. The second-order valence-corrected chi connectivity index (χ2v) is 6.61. The monoisotopic (exact) mass is 301 g/mol. The Morgan fingerprint density at radius 2 is 2.05 bits per heavy atom. The van der Waals surface area contributed by atoms with E-state index in [2.05, 4.69) is 23.2 Å². The molecular formula is C17H19NO2S. The molecule has 0 aliphatic heterocycles. The van der Waals surface area contributed by atoms with E-state index in [9.17, 15) is 9.90 Å². The fourth-order valence-electron chi connectivity index (χ4n) is 2.95. The molecule has 0 saturated heterocycles. The largest absolute Gasteiger partial charge is 0.477 e. The first-order valence-electron chi connectivity index (χ1n) is 7.50. The summed E-state index contributed by atoms with van der Waals surface area (Å²) in [6, 6.07) is 6.68. The van der Waals surface area contributed by atoms with Gasteiger partial charge in [-0.1, -0.05) is 25.1 Å². The van der Waals surface area contributed by atoms with Gasteiger partial charge in [-0.25, -0.2) is 9.78 Å². The first-order valence-corrected chi connectivity index (χ1v) is 8.31. The fourth-order valence-corrected chi connectivity index (χ4v) is 3.98. The van der Waals surface area contributed by atoms with E-state index in [4.69, 9.17) is 0 Å². The van der Waals surface area contributed by atoms with Crippen molar-refractivity contribution in [3.05, 3.63) is 50.5 Å². The van der Waals surface area contributed by atoms with Gasteiger partial charge < -0.3 is 5.11 Å². The van der Waals surface area contributed by atoms with Crippen LogP contribution in [0.1, 0.15) is 56.8 Å². The molecule has 0 saturated carbocycles. The summed E-state index contributed by atoms with van der Waals surface area (Å²) in [4.78, 5) is 16.1. The summed E-state index contributed by atoms with van der Waals surface area (Å²) in [6.45, 7) is 1.95. The molecule has 110 valence electrons. The predicted octanol–water partition coefficient (Wildman–Crippen LogP) is 3.87. The Bertz CT molecular complexity index is 675. The van der Waals surface area contributed by atoms with Crippen LogP contribution in [0, 0.1) is 0 Å². The second kappa shape index (κ2) is 5.98. The minimum atomic E-state index is -0.860. The Morgan fingerprint density at radius 3 is 2.71 bits per heavy atom. The number of fused-ring (bicyclic) bond motifs is 1. The van der Waals surface area contributed by atoms with Crippen LogP contribution in [-0.2, 0) is 25.7 Å². The first-order chi connectivity index (χ1) is 10.2. The number of benzene rings is 1. The van der Waals surface area contributed by atoms with Gasteiger partial charge in [-0.15, -0.1) is 11.3 Å². The lowest BCUT2D eigenvalue weighted by molar-refractivity contribution is 0.0701. The molecule has 2 aromatic rings. The van der Waals surface area contributed by atoms with Crippen molar-refractivity contribution in [3.63, 3.8) is 0 Å². The van der Waals surface area contributed by atoms with Gasteiger partial charge >= 0.3 is 5.97 Å². The number of hydrogen-bond acceptors (Lipinski definition) is 3. The zero-order valence-electron chi connectivity index (χ0n) is 12.2. The van der Waals surface area contributed by atoms with Crippen molar-refractivity contribution >= 4 is 17.3 Å². The maximum atomic E-state index is 11.2. The quantitative estimate of drug-likeness (QED) is 0.932. The van der Waals surface area contributed by atoms with Crippen molar-refractivity contribution in [1.29, 1.82) is 0 Å². The zero-order chi connectivity index (χ0) is 14.8. The third-order valence-electron chi connectivity index (χ3n) is 4.04. The van der Waals surface area contributed by atoms with Gasteiger partial charge in [-0.05, 0) is 48.8 Å². The molecule has 0 unspecified atom stereocenters. The molecule has 0 radical (unpaired) electrons. The van der Waals surface area contributed by atoms with Crippen molar-refractivity contribution in [2.24, 2.45) is 0 Å². The number of aromatic nitrogens is 1. The molecule has 1 N–H and O–H groups in total. The fraction of sp³-hybridized carbons (Fsp3) is 0.412. The van der Waals surface area contributed by atoms with Gasteiger partial charge in [0.15, 0.2) is 0 Å². The van der Waals surface area contributed by atoms with E-state index in [1.807, 2.05) is 6.92 Å². The van der Waals surface area contributed by atoms with Crippen molar-refractivity contribution < 1.29 is 9.90 Å². The van der Waals surface area contributed by atoms with Crippen LogP contribution in [0.3, 0.4) is 0 Å². The maximum absolute atomic E-state index is 11.2. The Labute approximate surface area is 128 Å². The van der Waals surface area contributed by atoms with E-state index in [1.54, 1.807) is 0 Å². The smallest absolute Gasteiger partial charge is 0.347 e. The van der Waals surface area contributed by atoms with Crippen LogP contribution >= 0.6 is 11.3 Å². The SMILES string of the molecule is CCc1nc(Cc2ccc3c(c2)CCCC3)sc1C(=O)O. The summed E-state index contributed by atoms with van der Waals surface area (Å²) in [6.07, 6.45) is 6.33. The van der Waals surface area contributed by atoms with Crippen LogP contribution in [0.5, 0.6) is 0 Å². The van der Waals surface area contributed by atoms with Crippen LogP contribution < -0.4 is 0 Å². The number of hydrogen-bond donors (Lipinski definition) is 1. The average molecular weight is 301 g/mol. The molecule has 0 atom stereocenters. The van der Waals surface area contributed by atoms with Crippen molar-refractivity contribution in [3.8, 4) is 0 Å². The van der Waals surface area contributed by atoms with Gasteiger partial charge in [-0.3, -0.25) is 0 Å². The molecule has 0 amide bonds. The molecule has 1 aliphatic carbocycles. The predicted molar refractivity (Wildman–Crippen MR) is 84.3 cm³/mol. The highest BCUT2D eigenvalue weighted by Gasteiger charge is 2.16. The molecule has 1 aliphatic rings. The van der Waals surface area contributed by atoms with E-state index in [1.165, 1.54) is 53.7 Å². The molecule has 1 aromatic heterocycles. The summed E-state index contributed by atoms with van der Waals surface area (Å²) in [5, 5.41) is 10.1. The molecule has 1 heterocycles. The van der Waals surface area contributed by atoms with Gasteiger partial charge in [0, 0.05) is 6.42 Å². The highest BCUT2D eigenvalue weighted by molar-refractivity contribution is 7.13. The second-order valence-electron chi connectivity index (χ2n) is 5.53. The molecule has 0 spiro atoms. The lowest BCUT2D eigenvalue weighted by atomic mass is 9.90. The topological polar surface area (TPSA) is 50.2 Å². The van der Waals surface area contributed by atoms with Crippen LogP contribution in [0.25, 0.3) is 0 Å². The molecule has 4 heteroatoms. The molecule has 3 nitrogen and oxygen atoms in total. The Balaban J connectivity index is 1.85. The van der Waals surface area contributed by atoms with Gasteiger partial charge in [0.25, 0.3) is 0 Å². The summed E-state index contributed by atoms with van der Waals surface area (Å²) in [7, 11) is 0. The Kier molecular flexibility index (Phi) is 4.06. The van der Waals surface area contributed by atoms with E-state index in [0.29, 0.717) is 17.0 Å². The number of aryl methyl sites for hydroxylation is 3. The number of carboxylic acid groups (broad SMARTS) is 1. The Morgan fingerprint density at radius 1 is 1.29 bits per heavy atom. The molecule has 3 rings (SSSR count). The minimum Gasteiger partial charge on any atom is -0.477 e. The first kappa shape index (κ1) is 14.3. The number of carbonyl (C=O) groups is 1.